The minimum atomic E-state index is -4.64. The Labute approximate surface area is 302 Å². The molecule has 1 aliphatic heterocycles. The highest BCUT2D eigenvalue weighted by molar-refractivity contribution is 5.97. The lowest BCUT2D eigenvalue weighted by Gasteiger charge is -2.26. The number of ketones is 3. The van der Waals surface area contributed by atoms with Crippen molar-refractivity contribution in [3.63, 3.8) is 0 Å². The second kappa shape index (κ2) is 20.6. The summed E-state index contributed by atoms with van der Waals surface area (Å²) >= 11 is 0. The first kappa shape index (κ1) is 43.8. The summed E-state index contributed by atoms with van der Waals surface area (Å²) in [5.41, 5.74) is 16.7. The lowest BCUT2D eigenvalue weighted by molar-refractivity contribution is -0.156. The molecule has 5 atom stereocenters. The van der Waals surface area contributed by atoms with Crippen molar-refractivity contribution < 1.29 is 41.9 Å². The van der Waals surface area contributed by atoms with Crippen LogP contribution in [0.1, 0.15) is 77.0 Å². The number of aldehydes is 1. The Morgan fingerprint density at radius 3 is 1.90 bits per heavy atom. The Morgan fingerprint density at radius 2 is 1.42 bits per heavy atom. The van der Waals surface area contributed by atoms with Crippen LogP contribution in [0.15, 0.2) is 59.7 Å². The van der Waals surface area contributed by atoms with Gasteiger partial charge in [-0.3, -0.25) is 24.0 Å². The Morgan fingerprint density at radius 1 is 0.904 bits per heavy atom. The van der Waals surface area contributed by atoms with Crippen LogP contribution in [0.25, 0.3) is 10.4 Å². The van der Waals surface area contributed by atoms with Crippen LogP contribution >= 0.6 is 0 Å². The number of amides is 1. The second-order valence-electron chi connectivity index (χ2n) is 14.2. The van der Waals surface area contributed by atoms with E-state index in [1.165, 1.54) is 0 Å². The van der Waals surface area contributed by atoms with E-state index in [9.17, 15) is 32.3 Å². The van der Waals surface area contributed by atoms with E-state index in [0.29, 0.717) is 32.4 Å². The van der Waals surface area contributed by atoms with Crippen LogP contribution in [-0.2, 0) is 48.1 Å². The predicted octanol–water partition coefficient (Wildman–Crippen LogP) is 6.44. The number of Topliss-reactive ketones (excluding diaryl/α,β-unsaturated/α-hetero) is 3. The van der Waals surface area contributed by atoms with E-state index in [1.807, 2.05) is 82.3 Å². The van der Waals surface area contributed by atoms with Gasteiger partial charge in [0.2, 0.25) is 12.2 Å². The number of nitrogens with two attached hydrogens (primary N) is 1. The third-order valence-corrected chi connectivity index (χ3v) is 8.61. The molecule has 0 spiro atoms. The SMILES string of the molecule is CC(C)C[C@H](CC(=O)[C@H](Cc1ccccc1)N=[N+]=[N-])C(=O)N[C@@H](CC(C)C)C(=O)C[C@@H](Cc1ccc(CN)cc1)C(=O)[C@@]1(C)CO1.O=CC(F)(F)F. The maximum atomic E-state index is 13.9. The van der Waals surface area contributed by atoms with Gasteiger partial charge in [0.1, 0.15) is 17.4 Å². The molecule has 1 aliphatic rings. The van der Waals surface area contributed by atoms with Crippen LogP contribution < -0.4 is 11.1 Å². The molecule has 0 bridgehead atoms. The van der Waals surface area contributed by atoms with Crippen LogP contribution in [0, 0.1) is 23.7 Å². The van der Waals surface area contributed by atoms with E-state index in [2.05, 4.69) is 15.3 Å². The summed E-state index contributed by atoms with van der Waals surface area (Å²) in [5.74, 6) is -2.21. The molecule has 0 aliphatic carbocycles. The molecule has 2 aromatic carbocycles. The molecule has 0 aromatic heterocycles. The van der Waals surface area contributed by atoms with Crippen molar-refractivity contribution in [3.05, 3.63) is 81.7 Å². The fourth-order valence-electron chi connectivity index (χ4n) is 5.80. The summed E-state index contributed by atoms with van der Waals surface area (Å²) in [6, 6.07) is 15.2. The Kier molecular flexibility index (Phi) is 17.3. The van der Waals surface area contributed by atoms with Crippen LogP contribution in [0.2, 0.25) is 0 Å². The van der Waals surface area contributed by atoms with Crippen LogP contribution in [0.5, 0.6) is 0 Å². The Bertz CT molecular complexity index is 1540. The third kappa shape index (κ3) is 15.5. The van der Waals surface area contributed by atoms with Gasteiger partial charge in [-0.2, -0.15) is 13.2 Å². The van der Waals surface area contributed by atoms with Crippen molar-refractivity contribution in [2.75, 3.05) is 6.61 Å². The van der Waals surface area contributed by atoms with E-state index < -0.39 is 47.9 Å². The lowest BCUT2D eigenvalue weighted by Crippen LogP contribution is -2.46. The number of nitrogens with zero attached hydrogens (tertiary/aromatic N) is 3. The number of carbonyl (C=O) groups is 5. The minimum Gasteiger partial charge on any atom is -0.362 e. The van der Waals surface area contributed by atoms with Crippen molar-refractivity contribution in [2.45, 2.75) is 104 Å². The number of halogens is 3. The predicted molar refractivity (Wildman–Crippen MR) is 190 cm³/mol. The summed E-state index contributed by atoms with van der Waals surface area (Å²) in [4.78, 5) is 66.1. The van der Waals surface area contributed by atoms with Crippen molar-refractivity contribution in [1.82, 2.24) is 5.32 Å². The second-order valence-corrected chi connectivity index (χ2v) is 14.2. The molecular weight excluding hydrogens is 679 g/mol. The molecule has 1 saturated heterocycles. The fraction of sp³-hybridized carbons (Fsp3) is 0.553. The number of nitrogens with one attached hydrogen (secondary N) is 1. The van der Waals surface area contributed by atoms with Gasteiger partial charge in [-0.25, -0.2) is 0 Å². The number of epoxide rings is 1. The number of ether oxygens (including phenoxy) is 1. The van der Waals surface area contributed by atoms with E-state index in [1.54, 1.807) is 6.92 Å². The number of hydrogen-bond acceptors (Lipinski definition) is 8. The monoisotopic (exact) mass is 729 g/mol. The van der Waals surface area contributed by atoms with Gasteiger partial charge in [-0.1, -0.05) is 87.4 Å². The number of alkyl halides is 3. The standard InChI is InChI=1S/C36H49N5O5.C2HF3O/c1-23(2)15-29(20-33(43)31(40-41-38)18-25-9-7-6-8-10-25)35(45)39-30(16-24(3)4)32(42)19-28(34(44)36(5)22-46-36)17-26-11-13-27(21-37)14-12-26;3-2(4,5)1-6/h6-14,23-24,28-31H,15-22,37H2,1-5H3,(H,39,45);1H/t28-,29-,30+,31+,36-;/m1./s1. The summed E-state index contributed by atoms with van der Waals surface area (Å²) in [7, 11) is 0. The van der Waals surface area contributed by atoms with Gasteiger partial charge < -0.3 is 15.8 Å². The van der Waals surface area contributed by atoms with E-state index in [-0.39, 0.29) is 48.4 Å². The van der Waals surface area contributed by atoms with Gasteiger partial charge >= 0.3 is 6.18 Å². The summed E-state index contributed by atoms with van der Waals surface area (Å²) in [5, 5.41) is 6.71. The summed E-state index contributed by atoms with van der Waals surface area (Å²) in [6.45, 7) is 10.3. The van der Waals surface area contributed by atoms with Crippen molar-refractivity contribution in [3.8, 4) is 0 Å². The van der Waals surface area contributed by atoms with Gasteiger partial charge in [-0.15, -0.1) is 0 Å². The first-order valence-corrected chi connectivity index (χ1v) is 17.3. The number of azide groups is 1. The maximum Gasteiger partial charge on any atom is 0.446 e. The molecule has 0 radical (unpaired) electrons. The highest BCUT2D eigenvalue weighted by Crippen LogP contribution is 2.33. The highest BCUT2D eigenvalue weighted by Gasteiger charge is 2.50. The largest absolute Gasteiger partial charge is 0.446 e. The van der Waals surface area contributed by atoms with Gasteiger partial charge in [0.25, 0.3) is 0 Å². The molecule has 0 saturated carbocycles. The quantitative estimate of drug-likeness (QED) is 0.0516. The van der Waals surface area contributed by atoms with Gasteiger partial charge in [0.15, 0.2) is 11.6 Å². The molecule has 284 valence electrons. The number of hydrogen-bond donors (Lipinski definition) is 2. The molecule has 3 rings (SSSR count). The minimum absolute atomic E-state index is 0.0437. The smallest absolute Gasteiger partial charge is 0.362 e. The van der Waals surface area contributed by atoms with Gasteiger partial charge in [0, 0.05) is 36.1 Å². The highest BCUT2D eigenvalue weighted by atomic mass is 19.4. The molecule has 1 amide bonds. The molecule has 1 fully saturated rings. The first-order valence-electron chi connectivity index (χ1n) is 17.3. The number of rotatable bonds is 20. The average molecular weight is 730 g/mol. The van der Waals surface area contributed by atoms with Crippen LogP contribution in [-0.4, -0.2) is 60.0 Å². The third-order valence-electron chi connectivity index (χ3n) is 8.61. The van der Waals surface area contributed by atoms with Crippen LogP contribution in [0.3, 0.4) is 0 Å². The van der Waals surface area contributed by atoms with E-state index in [4.69, 9.17) is 20.8 Å². The molecule has 0 unspecified atom stereocenters. The Balaban J connectivity index is 0.00000143. The van der Waals surface area contributed by atoms with E-state index >= 15 is 0 Å². The Hall–Kier alpha value is -4.39. The number of benzene rings is 2. The van der Waals surface area contributed by atoms with E-state index in [0.717, 1.165) is 16.7 Å². The molecule has 52 heavy (non-hydrogen) atoms. The topological polar surface area (TPSA) is 185 Å². The molecule has 1 heterocycles. The summed E-state index contributed by atoms with van der Waals surface area (Å²) < 4.78 is 36.7. The van der Waals surface area contributed by atoms with Crippen molar-refractivity contribution >= 4 is 29.5 Å². The molecular formula is C38H50F3N5O6. The first-order chi connectivity index (χ1) is 24.4. The normalized spacial score (nSPS) is 17.4. The van der Waals surface area contributed by atoms with Gasteiger partial charge in [-0.05, 0) is 66.7 Å². The maximum absolute atomic E-state index is 13.9. The van der Waals surface area contributed by atoms with Crippen molar-refractivity contribution in [2.24, 2.45) is 34.5 Å². The number of carbonyl (C=O) groups excluding carboxylic acids is 5. The average Bonchev–Trinajstić information content (AvgIpc) is 3.85. The molecule has 14 heteroatoms. The molecule has 3 N–H and O–H groups in total. The molecule has 2 aromatic rings. The van der Waals surface area contributed by atoms with Gasteiger partial charge in [0.05, 0.1) is 12.6 Å². The zero-order valence-corrected chi connectivity index (χ0v) is 30.4. The lowest BCUT2D eigenvalue weighted by atomic mass is 9.83. The van der Waals surface area contributed by atoms with Crippen molar-refractivity contribution in [1.29, 1.82) is 0 Å². The summed E-state index contributed by atoms with van der Waals surface area (Å²) in [6.07, 6.45) is -4.44. The fourth-order valence-corrected chi connectivity index (χ4v) is 5.80. The zero-order chi connectivity index (χ0) is 39.1. The zero-order valence-electron chi connectivity index (χ0n) is 30.4. The van der Waals surface area contributed by atoms with Crippen LogP contribution in [0.4, 0.5) is 13.2 Å². The molecule has 11 nitrogen and oxygen atoms in total.